The molecule has 6 nitrogen and oxygen atoms in total. The quantitative estimate of drug-likeness (QED) is 0.419. The Morgan fingerprint density at radius 3 is 2.81 bits per heavy atom. The van der Waals surface area contributed by atoms with E-state index in [0.717, 1.165) is 27.4 Å². The molecule has 0 atom stereocenters. The molecular weight excluding hydrogens is 362 g/mol. The second-order valence-corrected chi connectivity index (χ2v) is 7.06. The van der Waals surface area contributed by atoms with Gasteiger partial charge in [-0.1, -0.05) is 18.2 Å². The Bertz CT molecular complexity index is 1140. The van der Waals surface area contributed by atoms with Gasteiger partial charge in [0.25, 0.3) is 0 Å². The summed E-state index contributed by atoms with van der Waals surface area (Å²) in [5.41, 5.74) is 3.51. The maximum atomic E-state index is 12.6. The summed E-state index contributed by atoms with van der Waals surface area (Å²) >= 11 is 1.50. The zero-order valence-electron chi connectivity index (χ0n) is 14.9. The van der Waals surface area contributed by atoms with E-state index in [1.807, 2.05) is 48.1 Å². The zero-order chi connectivity index (χ0) is 19.0. The summed E-state index contributed by atoms with van der Waals surface area (Å²) in [6.45, 7) is 3.48. The topological polar surface area (TPSA) is 77.0 Å². The Kier molecular flexibility index (Phi) is 4.37. The highest BCUT2D eigenvalue weighted by atomic mass is 32.1. The van der Waals surface area contributed by atoms with Crippen molar-refractivity contribution in [3.05, 3.63) is 70.6 Å². The number of carbonyl (C=O) groups excluding carboxylic acids is 2. The lowest BCUT2D eigenvalue weighted by molar-refractivity contribution is 0.0476. The molecule has 136 valence electrons. The third-order valence-corrected chi connectivity index (χ3v) is 5.24. The Morgan fingerprint density at radius 1 is 1.22 bits per heavy atom. The minimum absolute atomic E-state index is 0.237. The van der Waals surface area contributed by atoms with E-state index in [2.05, 4.69) is 9.97 Å². The first-order valence-electron chi connectivity index (χ1n) is 8.41. The van der Waals surface area contributed by atoms with Gasteiger partial charge in [0.2, 0.25) is 5.78 Å². The molecule has 0 unspecified atom stereocenters. The molecule has 3 aromatic heterocycles. The number of thiazole rings is 1. The van der Waals surface area contributed by atoms with Gasteiger partial charge in [-0.25, -0.2) is 9.78 Å². The summed E-state index contributed by atoms with van der Waals surface area (Å²) in [5, 5.41) is 3.47. The number of fused-ring (bicyclic) bond motifs is 1. The van der Waals surface area contributed by atoms with Crippen molar-refractivity contribution in [2.75, 3.05) is 6.61 Å². The number of nitrogens with one attached hydrogen (secondary N) is 1. The van der Waals surface area contributed by atoms with Crippen molar-refractivity contribution >= 4 is 34.0 Å². The van der Waals surface area contributed by atoms with Crippen molar-refractivity contribution in [1.82, 2.24) is 14.5 Å². The number of carbonyl (C=O) groups is 2. The number of aromatic amines is 1. The second kappa shape index (κ2) is 6.85. The monoisotopic (exact) mass is 379 g/mol. The average molecular weight is 379 g/mol. The van der Waals surface area contributed by atoms with Crippen LogP contribution in [0.5, 0.6) is 0 Å². The molecule has 1 N–H and O–H groups in total. The van der Waals surface area contributed by atoms with E-state index < -0.39 is 5.97 Å². The molecule has 0 saturated carbocycles. The number of hydrogen-bond donors (Lipinski definition) is 1. The Labute approximate surface area is 159 Å². The number of ketones is 1. The third-order valence-electron chi connectivity index (χ3n) is 4.49. The summed E-state index contributed by atoms with van der Waals surface area (Å²) in [7, 11) is 0. The van der Waals surface area contributed by atoms with Crippen molar-refractivity contribution in [2.24, 2.45) is 0 Å². The maximum Gasteiger partial charge on any atom is 0.340 e. The number of Topliss-reactive ketones (excluding diaryl/α,β-unsaturated/α-hetero) is 1. The fourth-order valence-electron chi connectivity index (χ4n) is 3.19. The largest absolute Gasteiger partial charge is 0.454 e. The molecule has 0 amide bonds. The van der Waals surface area contributed by atoms with Gasteiger partial charge >= 0.3 is 5.97 Å². The number of H-pyrrole nitrogens is 1. The highest BCUT2D eigenvalue weighted by Crippen LogP contribution is 2.23. The molecule has 3 heterocycles. The minimum Gasteiger partial charge on any atom is -0.454 e. The first-order valence-corrected chi connectivity index (χ1v) is 9.29. The number of hydrogen-bond acceptors (Lipinski definition) is 5. The second-order valence-electron chi connectivity index (χ2n) is 6.18. The lowest BCUT2D eigenvalue weighted by Crippen LogP contribution is -2.14. The van der Waals surface area contributed by atoms with E-state index >= 15 is 0 Å². The SMILES string of the molecule is Cc1cc(C(=O)COC(=O)c2c[nH]c3ccccc23)c(C)n1-c1nccs1. The summed E-state index contributed by atoms with van der Waals surface area (Å²) in [5.74, 6) is -0.756. The van der Waals surface area contributed by atoms with Crippen molar-refractivity contribution < 1.29 is 14.3 Å². The van der Waals surface area contributed by atoms with Crippen LogP contribution in [0.4, 0.5) is 0 Å². The van der Waals surface area contributed by atoms with E-state index in [1.54, 1.807) is 18.5 Å². The smallest absolute Gasteiger partial charge is 0.340 e. The number of ether oxygens (including phenoxy) is 1. The number of para-hydroxylation sites is 1. The number of esters is 1. The van der Waals surface area contributed by atoms with Crippen molar-refractivity contribution in [3.63, 3.8) is 0 Å². The molecule has 0 saturated heterocycles. The molecule has 1 aromatic carbocycles. The Balaban J connectivity index is 1.52. The predicted molar refractivity (Wildman–Crippen MR) is 104 cm³/mol. The Morgan fingerprint density at radius 2 is 2.04 bits per heavy atom. The van der Waals surface area contributed by atoms with Gasteiger partial charge in [-0.15, -0.1) is 11.3 Å². The molecule has 0 aliphatic rings. The third kappa shape index (κ3) is 3.06. The molecule has 0 bridgehead atoms. The number of benzene rings is 1. The van der Waals surface area contributed by atoms with Gasteiger partial charge in [0.1, 0.15) is 0 Å². The number of aryl methyl sites for hydroxylation is 1. The summed E-state index contributed by atoms with van der Waals surface area (Å²) in [6.07, 6.45) is 3.33. The summed E-state index contributed by atoms with van der Waals surface area (Å²) in [4.78, 5) is 32.3. The summed E-state index contributed by atoms with van der Waals surface area (Å²) in [6, 6.07) is 9.26. The van der Waals surface area contributed by atoms with Crippen LogP contribution in [-0.2, 0) is 4.74 Å². The van der Waals surface area contributed by atoms with Crippen LogP contribution in [0.2, 0.25) is 0 Å². The predicted octanol–water partition coefficient (Wildman–Crippen LogP) is 4.07. The van der Waals surface area contributed by atoms with Crippen LogP contribution < -0.4 is 0 Å². The maximum absolute atomic E-state index is 12.6. The van der Waals surface area contributed by atoms with Crippen molar-refractivity contribution in [3.8, 4) is 5.13 Å². The normalized spacial score (nSPS) is 11.0. The van der Waals surface area contributed by atoms with Crippen LogP contribution in [0.25, 0.3) is 16.0 Å². The first-order chi connectivity index (χ1) is 13.1. The molecule has 0 radical (unpaired) electrons. The van der Waals surface area contributed by atoms with E-state index in [4.69, 9.17) is 4.74 Å². The van der Waals surface area contributed by atoms with E-state index in [9.17, 15) is 9.59 Å². The van der Waals surface area contributed by atoms with Gasteiger partial charge < -0.3 is 9.72 Å². The lowest BCUT2D eigenvalue weighted by Gasteiger charge is -2.06. The van der Waals surface area contributed by atoms with E-state index in [0.29, 0.717) is 11.1 Å². The molecule has 0 aliphatic heterocycles. The van der Waals surface area contributed by atoms with Crippen LogP contribution in [0.15, 0.2) is 48.1 Å². The zero-order valence-corrected chi connectivity index (χ0v) is 15.7. The molecule has 0 aliphatic carbocycles. The fraction of sp³-hybridized carbons (Fsp3) is 0.150. The molecule has 0 fully saturated rings. The van der Waals surface area contributed by atoms with E-state index in [-0.39, 0.29) is 12.4 Å². The fourth-order valence-corrected chi connectivity index (χ4v) is 3.94. The van der Waals surface area contributed by atoms with Gasteiger partial charge in [-0.3, -0.25) is 9.36 Å². The standard InChI is InChI=1S/C20H17N3O3S/c1-12-9-15(13(2)23(12)20-21-7-8-27-20)18(24)11-26-19(25)16-10-22-17-6-4-3-5-14(16)17/h3-10,22H,11H2,1-2H3. The van der Waals surface area contributed by atoms with Gasteiger partial charge in [-0.05, 0) is 26.0 Å². The lowest BCUT2D eigenvalue weighted by atomic mass is 10.1. The number of nitrogens with zero attached hydrogens (tertiary/aromatic N) is 2. The first kappa shape index (κ1) is 17.2. The van der Waals surface area contributed by atoms with Crippen molar-refractivity contribution in [2.45, 2.75) is 13.8 Å². The highest BCUT2D eigenvalue weighted by molar-refractivity contribution is 7.12. The molecule has 7 heteroatoms. The van der Waals surface area contributed by atoms with Gasteiger partial charge in [-0.2, -0.15) is 0 Å². The average Bonchev–Trinajstić information content (AvgIpc) is 3.38. The Hall–Kier alpha value is -3.19. The van der Waals surface area contributed by atoms with Crippen LogP contribution in [0.1, 0.15) is 32.1 Å². The van der Waals surface area contributed by atoms with Gasteiger partial charge in [0, 0.05) is 45.6 Å². The molecule has 4 rings (SSSR count). The van der Waals surface area contributed by atoms with Crippen LogP contribution in [0.3, 0.4) is 0 Å². The van der Waals surface area contributed by atoms with E-state index in [1.165, 1.54) is 11.3 Å². The molecular formula is C20H17N3O3S. The molecule has 27 heavy (non-hydrogen) atoms. The number of rotatable bonds is 5. The molecule has 0 spiro atoms. The van der Waals surface area contributed by atoms with Crippen molar-refractivity contribution in [1.29, 1.82) is 0 Å². The minimum atomic E-state index is -0.519. The number of aromatic nitrogens is 3. The van der Waals surface area contributed by atoms with Gasteiger partial charge in [0.15, 0.2) is 11.7 Å². The van der Waals surface area contributed by atoms with Crippen LogP contribution in [-0.4, -0.2) is 32.9 Å². The summed E-state index contributed by atoms with van der Waals surface area (Å²) < 4.78 is 7.20. The molecule has 4 aromatic rings. The van der Waals surface area contributed by atoms with Crippen LogP contribution in [0, 0.1) is 13.8 Å². The van der Waals surface area contributed by atoms with Gasteiger partial charge in [0.05, 0.1) is 5.56 Å². The highest BCUT2D eigenvalue weighted by Gasteiger charge is 2.20. The van der Waals surface area contributed by atoms with Crippen LogP contribution >= 0.6 is 11.3 Å².